The number of nitrogens with zero attached hydrogens (tertiary/aromatic N) is 3. The fraction of sp³-hybridized carbons (Fsp3) is 0.0476. The van der Waals surface area contributed by atoms with E-state index in [-0.39, 0.29) is 29.0 Å². The Labute approximate surface area is 178 Å². The van der Waals surface area contributed by atoms with Crippen LogP contribution in [0.3, 0.4) is 0 Å². The normalized spacial score (nSPS) is 10.8. The van der Waals surface area contributed by atoms with Gasteiger partial charge in [-0.25, -0.2) is 0 Å². The number of hydrogen-bond donors (Lipinski definition) is 0. The second-order valence-electron chi connectivity index (χ2n) is 6.40. The van der Waals surface area contributed by atoms with Gasteiger partial charge in [0.05, 0.1) is 16.1 Å². The molecule has 0 radical (unpaired) electrons. The van der Waals surface area contributed by atoms with Crippen molar-refractivity contribution in [3.8, 4) is 11.3 Å². The highest BCUT2D eigenvalue weighted by molar-refractivity contribution is 9.10. The summed E-state index contributed by atoms with van der Waals surface area (Å²) < 4.78 is 2.29. The number of hydrogen-bond acceptors (Lipinski definition) is 5. The topological polar surface area (TPSA) is 101 Å². The van der Waals surface area contributed by atoms with Crippen molar-refractivity contribution in [3.05, 3.63) is 109 Å². The van der Waals surface area contributed by atoms with E-state index < -0.39 is 10.5 Å². The Hall–Kier alpha value is -3.72. The van der Waals surface area contributed by atoms with Gasteiger partial charge < -0.3 is 10.0 Å². The molecule has 4 aromatic rings. The minimum Gasteiger partial charge on any atom is -0.618 e. The van der Waals surface area contributed by atoms with E-state index in [1.807, 2.05) is 0 Å². The van der Waals surface area contributed by atoms with Crippen LogP contribution in [0, 0.1) is 15.3 Å². The highest BCUT2D eigenvalue weighted by atomic mass is 79.9. The van der Waals surface area contributed by atoms with Crippen molar-refractivity contribution in [2.45, 2.75) is 6.61 Å². The fourth-order valence-electron chi connectivity index (χ4n) is 3.17. The summed E-state index contributed by atoms with van der Waals surface area (Å²) in [5.74, 6) is 0. The van der Waals surface area contributed by atoms with Gasteiger partial charge in [0.1, 0.15) is 6.61 Å². The lowest BCUT2D eigenvalue weighted by molar-refractivity contribution is -0.566. The Morgan fingerprint density at radius 3 is 2.53 bits per heavy atom. The number of nitro benzene ring substituents is 1. The molecule has 0 bridgehead atoms. The summed E-state index contributed by atoms with van der Waals surface area (Å²) in [5, 5.41) is 24.2. The zero-order chi connectivity index (χ0) is 21.3. The zero-order valence-electron chi connectivity index (χ0n) is 15.4. The Kier molecular flexibility index (Phi) is 5.20. The van der Waals surface area contributed by atoms with Crippen LogP contribution < -0.4 is 15.1 Å². The smallest absolute Gasteiger partial charge is 0.357 e. The van der Waals surface area contributed by atoms with Gasteiger partial charge in [0.15, 0.2) is 5.52 Å². The molecule has 0 aliphatic carbocycles. The van der Waals surface area contributed by atoms with Gasteiger partial charge in [-0.15, -0.1) is 4.73 Å². The average molecular weight is 468 g/mol. The first-order chi connectivity index (χ1) is 14.5. The summed E-state index contributed by atoms with van der Waals surface area (Å²) in [6.07, 6.45) is 0. The second-order valence-corrected chi connectivity index (χ2v) is 7.32. The number of aromatic nitrogens is 2. The summed E-state index contributed by atoms with van der Waals surface area (Å²) in [4.78, 5) is 29.7. The first-order valence-corrected chi connectivity index (χ1v) is 9.65. The van der Waals surface area contributed by atoms with Crippen molar-refractivity contribution in [1.82, 2.24) is 4.73 Å². The van der Waals surface area contributed by atoms with E-state index in [0.717, 1.165) is 4.73 Å². The molecule has 0 spiro atoms. The molecule has 0 N–H and O–H groups in total. The third-order valence-corrected chi connectivity index (χ3v) is 5.04. The molecule has 8 nitrogen and oxygen atoms in total. The molecule has 9 heteroatoms. The van der Waals surface area contributed by atoms with Gasteiger partial charge in [-0.2, -0.15) is 4.73 Å². The lowest BCUT2D eigenvalue weighted by Gasteiger charge is -2.14. The minimum atomic E-state index is -0.666. The molecule has 0 saturated heterocycles. The van der Waals surface area contributed by atoms with E-state index in [0.29, 0.717) is 20.3 Å². The standard InChI is InChI=1S/C21H14BrN3O5/c22-16-8-5-7-14(12-16)20-21(26)24(19-11-4-3-10-18(19)23(20)27)30-13-15-6-1-2-9-17(15)25(28)29/h1-12H,13H2. The Bertz CT molecular complexity index is 1340. The monoisotopic (exact) mass is 467 g/mol. The van der Waals surface area contributed by atoms with Crippen molar-refractivity contribution in [2.24, 2.45) is 0 Å². The maximum Gasteiger partial charge on any atom is 0.357 e. The Morgan fingerprint density at radius 1 is 1.03 bits per heavy atom. The highest BCUT2D eigenvalue weighted by Gasteiger charge is 2.24. The number of benzene rings is 3. The van der Waals surface area contributed by atoms with Crippen LogP contribution in [0.15, 0.2) is 82.1 Å². The molecule has 0 atom stereocenters. The van der Waals surface area contributed by atoms with Crippen LogP contribution in [-0.2, 0) is 6.61 Å². The Balaban J connectivity index is 1.88. The molecule has 1 heterocycles. The van der Waals surface area contributed by atoms with Crippen LogP contribution >= 0.6 is 15.9 Å². The molecule has 3 aromatic carbocycles. The largest absolute Gasteiger partial charge is 0.618 e. The number of halogens is 1. The lowest BCUT2D eigenvalue weighted by Crippen LogP contribution is -2.42. The SMILES string of the molecule is O=c1c(-c2cccc(Br)c2)[n+]([O-])c2ccccc2n1OCc1ccccc1[N+](=O)[O-]. The number of rotatable bonds is 5. The van der Waals surface area contributed by atoms with Crippen LogP contribution in [0.4, 0.5) is 5.69 Å². The third kappa shape index (κ3) is 3.50. The number of para-hydroxylation sites is 3. The summed E-state index contributed by atoms with van der Waals surface area (Å²) in [7, 11) is 0. The van der Waals surface area contributed by atoms with Gasteiger partial charge in [0.25, 0.3) is 11.4 Å². The van der Waals surface area contributed by atoms with Crippen LogP contribution in [0.1, 0.15) is 5.56 Å². The van der Waals surface area contributed by atoms with Crippen LogP contribution in [0.25, 0.3) is 22.3 Å². The minimum absolute atomic E-state index is 0.113. The molecule has 0 aliphatic heterocycles. The van der Waals surface area contributed by atoms with Crippen molar-refractivity contribution in [3.63, 3.8) is 0 Å². The van der Waals surface area contributed by atoms with Crippen LogP contribution in [-0.4, -0.2) is 9.65 Å². The third-order valence-electron chi connectivity index (χ3n) is 4.54. The van der Waals surface area contributed by atoms with E-state index in [2.05, 4.69) is 15.9 Å². The Morgan fingerprint density at radius 2 is 1.77 bits per heavy atom. The molecular formula is C21H14BrN3O5. The first kappa shape index (κ1) is 19.6. The highest BCUT2D eigenvalue weighted by Crippen LogP contribution is 2.21. The van der Waals surface area contributed by atoms with Gasteiger partial charge in [-0.1, -0.05) is 46.3 Å². The molecular weight excluding hydrogens is 454 g/mol. The number of fused-ring (bicyclic) bond motifs is 1. The summed E-state index contributed by atoms with van der Waals surface area (Å²) in [6, 6.07) is 19.4. The quantitative estimate of drug-likeness (QED) is 0.193. The van der Waals surface area contributed by atoms with Gasteiger partial charge in [0, 0.05) is 16.6 Å². The fourth-order valence-corrected chi connectivity index (χ4v) is 3.57. The van der Waals surface area contributed by atoms with E-state index >= 15 is 0 Å². The molecule has 0 saturated carbocycles. The van der Waals surface area contributed by atoms with Gasteiger partial charge in [-0.3, -0.25) is 14.9 Å². The molecule has 0 amide bonds. The number of nitro groups is 1. The van der Waals surface area contributed by atoms with E-state index in [9.17, 15) is 20.1 Å². The average Bonchev–Trinajstić information content (AvgIpc) is 2.74. The molecule has 30 heavy (non-hydrogen) atoms. The van der Waals surface area contributed by atoms with Crippen molar-refractivity contribution in [2.75, 3.05) is 0 Å². The molecule has 0 fully saturated rings. The van der Waals surface area contributed by atoms with Crippen LogP contribution in [0.5, 0.6) is 0 Å². The van der Waals surface area contributed by atoms with Gasteiger partial charge in [0.2, 0.25) is 5.52 Å². The predicted molar refractivity (Wildman–Crippen MR) is 114 cm³/mol. The molecule has 150 valence electrons. The lowest BCUT2D eigenvalue weighted by atomic mass is 10.1. The van der Waals surface area contributed by atoms with Crippen molar-refractivity contribution < 1.29 is 14.5 Å². The summed E-state index contributed by atoms with van der Waals surface area (Å²) in [5.41, 5.74) is 0.318. The van der Waals surface area contributed by atoms with Gasteiger partial charge >= 0.3 is 5.56 Å². The molecule has 0 unspecified atom stereocenters. The zero-order valence-corrected chi connectivity index (χ0v) is 17.0. The maximum absolute atomic E-state index is 13.2. The van der Waals surface area contributed by atoms with Crippen LogP contribution in [0.2, 0.25) is 0 Å². The molecule has 1 aromatic heterocycles. The first-order valence-electron chi connectivity index (χ1n) is 8.86. The maximum atomic E-state index is 13.2. The second kappa shape index (κ2) is 7.96. The molecule has 0 aliphatic rings. The van der Waals surface area contributed by atoms with Crippen molar-refractivity contribution >= 4 is 32.7 Å². The van der Waals surface area contributed by atoms with Gasteiger partial charge in [-0.05, 0) is 30.3 Å². The summed E-state index contributed by atoms with van der Waals surface area (Å²) in [6.45, 7) is -0.220. The predicted octanol–water partition coefficient (Wildman–Crippen LogP) is 3.60. The van der Waals surface area contributed by atoms with E-state index in [1.54, 1.807) is 66.7 Å². The van der Waals surface area contributed by atoms with E-state index in [1.165, 1.54) is 6.07 Å². The molecule has 4 rings (SSSR count). The summed E-state index contributed by atoms with van der Waals surface area (Å²) >= 11 is 3.34. The van der Waals surface area contributed by atoms with Crippen molar-refractivity contribution in [1.29, 1.82) is 0 Å². The van der Waals surface area contributed by atoms with E-state index in [4.69, 9.17) is 4.84 Å².